The maximum atomic E-state index is 11.6. The summed E-state index contributed by atoms with van der Waals surface area (Å²) in [6.07, 6.45) is 6.84. The summed E-state index contributed by atoms with van der Waals surface area (Å²) in [5.41, 5.74) is 0.964. The molecule has 1 unspecified atom stereocenters. The first-order valence-electron chi connectivity index (χ1n) is 3.31. The Hall–Kier alpha value is -0.470. The highest BCUT2D eigenvalue weighted by atomic mass is 31.2. The predicted molar refractivity (Wildman–Crippen MR) is 44.5 cm³/mol. The summed E-state index contributed by atoms with van der Waals surface area (Å²) in [5, 5.41) is 0.968. The molecular formula is C8H11OP. The summed E-state index contributed by atoms with van der Waals surface area (Å²) in [6, 6.07) is 0. The van der Waals surface area contributed by atoms with E-state index in [0.29, 0.717) is 0 Å². The zero-order chi connectivity index (χ0) is 7.78. The standard InChI is InChI=1S/C8H11OP/c1-4-8-5-6-10(3,9)7(8)2/h1H,5-6H2,2-3H3. The minimum Gasteiger partial charge on any atom is -0.319 e. The van der Waals surface area contributed by atoms with Crippen molar-refractivity contribution in [1.29, 1.82) is 0 Å². The smallest absolute Gasteiger partial charge is 0.109 e. The van der Waals surface area contributed by atoms with Crippen molar-refractivity contribution in [3.63, 3.8) is 0 Å². The third-order valence-electron chi connectivity index (χ3n) is 2.11. The molecule has 0 saturated heterocycles. The lowest BCUT2D eigenvalue weighted by atomic mass is 10.2. The molecule has 1 aliphatic rings. The van der Waals surface area contributed by atoms with Crippen molar-refractivity contribution in [2.45, 2.75) is 13.3 Å². The van der Waals surface area contributed by atoms with E-state index in [4.69, 9.17) is 6.42 Å². The van der Waals surface area contributed by atoms with Crippen LogP contribution in [0.4, 0.5) is 0 Å². The van der Waals surface area contributed by atoms with E-state index in [1.807, 2.05) is 13.6 Å². The van der Waals surface area contributed by atoms with E-state index in [1.165, 1.54) is 0 Å². The van der Waals surface area contributed by atoms with E-state index in [0.717, 1.165) is 23.5 Å². The Labute approximate surface area is 61.9 Å². The van der Waals surface area contributed by atoms with Crippen molar-refractivity contribution in [2.75, 3.05) is 12.8 Å². The molecule has 0 bridgehead atoms. The largest absolute Gasteiger partial charge is 0.319 e. The van der Waals surface area contributed by atoms with E-state index in [2.05, 4.69) is 5.92 Å². The van der Waals surface area contributed by atoms with Crippen LogP contribution in [0, 0.1) is 12.3 Å². The molecule has 0 radical (unpaired) electrons. The molecule has 0 aromatic heterocycles. The van der Waals surface area contributed by atoms with Gasteiger partial charge in [-0.1, -0.05) is 5.92 Å². The van der Waals surface area contributed by atoms with E-state index in [-0.39, 0.29) is 0 Å². The Morgan fingerprint density at radius 1 is 1.70 bits per heavy atom. The lowest BCUT2D eigenvalue weighted by molar-refractivity contribution is 0.584. The van der Waals surface area contributed by atoms with Crippen LogP contribution in [0.1, 0.15) is 13.3 Å². The van der Waals surface area contributed by atoms with Crippen LogP contribution in [-0.4, -0.2) is 12.8 Å². The lowest BCUT2D eigenvalue weighted by Gasteiger charge is -2.03. The maximum absolute atomic E-state index is 11.6. The third kappa shape index (κ3) is 1.04. The van der Waals surface area contributed by atoms with Gasteiger partial charge in [0.15, 0.2) is 0 Å². The second-order valence-electron chi connectivity index (χ2n) is 2.78. The molecule has 1 heterocycles. The minimum absolute atomic E-state index is 0.776. The minimum atomic E-state index is -1.97. The van der Waals surface area contributed by atoms with Gasteiger partial charge in [-0.2, -0.15) is 0 Å². The topological polar surface area (TPSA) is 17.1 Å². The van der Waals surface area contributed by atoms with E-state index >= 15 is 0 Å². The van der Waals surface area contributed by atoms with E-state index < -0.39 is 7.14 Å². The molecule has 54 valence electrons. The highest BCUT2D eigenvalue weighted by molar-refractivity contribution is 7.67. The van der Waals surface area contributed by atoms with Gasteiger partial charge in [-0.25, -0.2) is 0 Å². The first kappa shape index (κ1) is 7.63. The number of terminal acetylenes is 1. The second-order valence-corrected chi connectivity index (χ2v) is 6.10. The second kappa shape index (κ2) is 2.29. The van der Waals surface area contributed by atoms with Crippen molar-refractivity contribution in [2.24, 2.45) is 0 Å². The van der Waals surface area contributed by atoms with Crippen LogP contribution in [0.2, 0.25) is 0 Å². The van der Waals surface area contributed by atoms with E-state index in [1.54, 1.807) is 0 Å². The normalized spacial score (nSPS) is 32.5. The molecule has 0 fully saturated rings. The van der Waals surface area contributed by atoms with E-state index in [9.17, 15) is 4.57 Å². The third-order valence-corrected chi connectivity index (χ3v) is 4.87. The van der Waals surface area contributed by atoms with Crippen molar-refractivity contribution < 1.29 is 4.57 Å². The fraction of sp³-hybridized carbons (Fsp3) is 0.500. The van der Waals surface area contributed by atoms with Crippen molar-refractivity contribution in [1.82, 2.24) is 0 Å². The van der Waals surface area contributed by atoms with Gasteiger partial charge in [0.2, 0.25) is 0 Å². The summed E-state index contributed by atoms with van der Waals surface area (Å²) in [4.78, 5) is 0. The first-order valence-corrected chi connectivity index (χ1v) is 5.65. The molecule has 2 heteroatoms. The maximum Gasteiger partial charge on any atom is 0.109 e. The summed E-state index contributed by atoms with van der Waals surface area (Å²) in [7, 11) is -1.97. The summed E-state index contributed by atoms with van der Waals surface area (Å²) >= 11 is 0. The van der Waals surface area contributed by atoms with Crippen molar-refractivity contribution in [3.05, 3.63) is 10.9 Å². The molecular weight excluding hydrogens is 143 g/mol. The molecule has 1 nitrogen and oxygen atoms in total. The number of allylic oxidation sites excluding steroid dienone is 2. The first-order chi connectivity index (χ1) is 4.58. The van der Waals surface area contributed by atoms with Crippen LogP contribution in [0.15, 0.2) is 10.9 Å². The molecule has 10 heavy (non-hydrogen) atoms. The Morgan fingerprint density at radius 2 is 2.30 bits per heavy atom. The Balaban J connectivity index is 3.10. The highest BCUT2D eigenvalue weighted by Gasteiger charge is 2.26. The fourth-order valence-electron chi connectivity index (χ4n) is 1.14. The van der Waals surface area contributed by atoms with Gasteiger partial charge >= 0.3 is 0 Å². The Bertz CT molecular complexity index is 267. The molecule has 1 aliphatic heterocycles. The van der Waals surface area contributed by atoms with Crippen LogP contribution >= 0.6 is 7.14 Å². The molecule has 1 atom stereocenters. The van der Waals surface area contributed by atoms with Gasteiger partial charge in [-0.3, -0.25) is 0 Å². The Kier molecular flexibility index (Phi) is 1.75. The van der Waals surface area contributed by atoms with Crippen LogP contribution in [0.3, 0.4) is 0 Å². The highest BCUT2D eigenvalue weighted by Crippen LogP contribution is 2.56. The van der Waals surface area contributed by atoms with Gasteiger partial charge < -0.3 is 4.57 Å². The van der Waals surface area contributed by atoms with Crippen LogP contribution in [0.5, 0.6) is 0 Å². The molecule has 0 saturated carbocycles. The summed E-state index contributed by atoms with van der Waals surface area (Å²) in [6.45, 7) is 3.70. The van der Waals surface area contributed by atoms with Gasteiger partial charge in [0.1, 0.15) is 7.14 Å². The fourth-order valence-corrected chi connectivity index (χ4v) is 2.87. The van der Waals surface area contributed by atoms with Gasteiger partial charge in [0.25, 0.3) is 0 Å². The summed E-state index contributed by atoms with van der Waals surface area (Å²) < 4.78 is 11.6. The average molecular weight is 154 g/mol. The van der Waals surface area contributed by atoms with Gasteiger partial charge in [-0.15, -0.1) is 6.42 Å². The van der Waals surface area contributed by atoms with Crippen LogP contribution < -0.4 is 0 Å². The zero-order valence-corrected chi connectivity index (χ0v) is 7.24. The van der Waals surface area contributed by atoms with Gasteiger partial charge in [0, 0.05) is 11.7 Å². The molecule has 0 N–H and O–H groups in total. The van der Waals surface area contributed by atoms with Crippen molar-refractivity contribution >= 4 is 7.14 Å². The average Bonchev–Trinajstić information content (AvgIpc) is 2.10. The number of hydrogen-bond acceptors (Lipinski definition) is 1. The predicted octanol–water partition coefficient (Wildman–Crippen LogP) is 2.29. The molecule has 0 aromatic rings. The molecule has 0 aromatic carbocycles. The van der Waals surface area contributed by atoms with Crippen LogP contribution in [0.25, 0.3) is 0 Å². The SMILES string of the molecule is C#CC1=C(C)P(C)(=O)CC1. The monoisotopic (exact) mass is 154 g/mol. The lowest BCUT2D eigenvalue weighted by Crippen LogP contribution is -1.76. The zero-order valence-electron chi connectivity index (χ0n) is 6.35. The quantitative estimate of drug-likeness (QED) is 0.386. The van der Waals surface area contributed by atoms with Gasteiger partial charge in [-0.05, 0) is 25.3 Å². The molecule has 0 aliphatic carbocycles. The van der Waals surface area contributed by atoms with Gasteiger partial charge in [0.05, 0.1) is 0 Å². The number of rotatable bonds is 0. The molecule has 1 rings (SSSR count). The Morgan fingerprint density at radius 3 is 2.50 bits per heavy atom. The molecule has 0 spiro atoms. The number of hydrogen-bond donors (Lipinski definition) is 0. The van der Waals surface area contributed by atoms with Crippen molar-refractivity contribution in [3.8, 4) is 12.3 Å². The summed E-state index contributed by atoms with van der Waals surface area (Å²) in [5.74, 6) is 2.58. The molecule has 0 amide bonds. The van der Waals surface area contributed by atoms with Crippen LogP contribution in [-0.2, 0) is 4.57 Å².